The summed E-state index contributed by atoms with van der Waals surface area (Å²) in [7, 11) is 1.31. The van der Waals surface area contributed by atoms with E-state index >= 15 is 0 Å². The van der Waals surface area contributed by atoms with Gasteiger partial charge in [0.1, 0.15) is 28.6 Å². The van der Waals surface area contributed by atoms with Gasteiger partial charge in [-0.05, 0) is 43.6 Å². The minimum absolute atomic E-state index is 0.192. The Kier molecular flexibility index (Phi) is 4.25. The fourth-order valence-electron chi connectivity index (χ4n) is 3.04. The molecule has 0 N–H and O–H groups in total. The van der Waals surface area contributed by atoms with Gasteiger partial charge in [-0.3, -0.25) is 0 Å². The molecule has 0 amide bonds. The molecule has 0 saturated carbocycles. The van der Waals surface area contributed by atoms with Gasteiger partial charge in [0.05, 0.1) is 13.7 Å². The predicted octanol–water partition coefficient (Wildman–Crippen LogP) is 1.84. The second kappa shape index (κ2) is 5.70. The lowest BCUT2D eigenvalue weighted by Gasteiger charge is -2.26. The molecule has 3 aliphatic rings. The summed E-state index contributed by atoms with van der Waals surface area (Å²) in [6.45, 7) is 7.71. The fraction of sp³-hybridized carbons (Fsp3) is 0.800. The van der Waals surface area contributed by atoms with Crippen molar-refractivity contribution in [3.63, 3.8) is 0 Å². The molecule has 0 spiro atoms. The van der Waals surface area contributed by atoms with Crippen molar-refractivity contribution in [3.8, 4) is 0 Å². The molecule has 0 bridgehead atoms. The summed E-state index contributed by atoms with van der Waals surface area (Å²) in [6, 6.07) is 0. The monoisotopic (exact) mass is 392 g/mol. The van der Waals surface area contributed by atoms with Crippen molar-refractivity contribution in [2.24, 2.45) is 0 Å². The number of rotatable bonds is 2. The Hall–Kier alpha value is -0.670. The Bertz CT molecular complexity index is 542. The van der Waals surface area contributed by atoms with Gasteiger partial charge in [0.25, 0.3) is 0 Å². The number of halogens is 1. The zero-order valence-electron chi connectivity index (χ0n) is 13.8. The van der Waals surface area contributed by atoms with Crippen molar-refractivity contribution in [2.45, 2.75) is 63.7 Å². The Morgan fingerprint density at radius 1 is 1.13 bits per heavy atom. The zero-order chi connectivity index (χ0) is 17.0. The molecule has 3 rings (SSSR count). The third-order valence-electron chi connectivity index (χ3n) is 3.95. The smallest absolute Gasteiger partial charge is 0.348 e. The summed E-state index contributed by atoms with van der Waals surface area (Å²) >= 11 is 3.24. The van der Waals surface area contributed by atoms with Gasteiger partial charge in [-0.1, -0.05) is 0 Å². The van der Waals surface area contributed by atoms with Crippen molar-refractivity contribution in [1.82, 2.24) is 0 Å². The Morgan fingerprint density at radius 2 is 1.83 bits per heavy atom. The minimum atomic E-state index is -0.777. The third kappa shape index (κ3) is 3.15. The lowest BCUT2D eigenvalue weighted by molar-refractivity contribution is -0.187. The molecule has 8 heteroatoms. The summed E-state index contributed by atoms with van der Waals surface area (Å²) in [6.07, 6.45) is -1.64. The topological polar surface area (TPSA) is 72.5 Å². The van der Waals surface area contributed by atoms with Crippen LogP contribution in [0.1, 0.15) is 27.7 Å². The Balaban J connectivity index is 1.90. The van der Waals surface area contributed by atoms with Gasteiger partial charge in [0.2, 0.25) is 0 Å². The van der Waals surface area contributed by atoms with Crippen molar-refractivity contribution in [3.05, 3.63) is 10.2 Å². The van der Waals surface area contributed by atoms with Crippen molar-refractivity contribution in [2.75, 3.05) is 13.7 Å². The molecule has 3 saturated heterocycles. The van der Waals surface area contributed by atoms with Gasteiger partial charge in [0, 0.05) is 0 Å². The van der Waals surface area contributed by atoms with E-state index in [1.807, 2.05) is 27.7 Å². The molecular weight excluding hydrogens is 372 g/mol. The molecule has 130 valence electrons. The second-order valence-corrected chi connectivity index (χ2v) is 7.43. The number of ether oxygens (including phenoxy) is 6. The molecule has 3 aliphatic heterocycles. The second-order valence-electron chi connectivity index (χ2n) is 6.64. The van der Waals surface area contributed by atoms with Gasteiger partial charge in [-0.25, -0.2) is 4.79 Å². The first kappa shape index (κ1) is 17.2. The zero-order valence-corrected chi connectivity index (χ0v) is 15.3. The van der Waals surface area contributed by atoms with Crippen molar-refractivity contribution in [1.29, 1.82) is 0 Å². The van der Waals surface area contributed by atoms with E-state index in [4.69, 9.17) is 28.4 Å². The van der Waals surface area contributed by atoms with E-state index in [1.165, 1.54) is 7.11 Å². The van der Waals surface area contributed by atoms with Crippen LogP contribution < -0.4 is 0 Å². The maximum atomic E-state index is 11.8. The van der Waals surface area contributed by atoms with E-state index in [1.54, 1.807) is 0 Å². The van der Waals surface area contributed by atoms with Crippen LogP contribution in [0.5, 0.6) is 0 Å². The molecule has 0 unspecified atom stereocenters. The molecule has 7 nitrogen and oxygen atoms in total. The van der Waals surface area contributed by atoms with E-state index in [-0.39, 0.29) is 16.7 Å². The average Bonchev–Trinajstić information content (AvgIpc) is 3.07. The van der Waals surface area contributed by atoms with Gasteiger partial charge >= 0.3 is 5.97 Å². The van der Waals surface area contributed by atoms with Crippen LogP contribution in [0.25, 0.3) is 0 Å². The Morgan fingerprint density at radius 3 is 2.39 bits per heavy atom. The summed E-state index contributed by atoms with van der Waals surface area (Å²) in [5.41, 5.74) is 0. The summed E-state index contributed by atoms with van der Waals surface area (Å²) in [5.74, 6) is -1.62. The maximum absolute atomic E-state index is 11.8. The molecule has 4 atom stereocenters. The highest BCUT2D eigenvalue weighted by Crippen LogP contribution is 2.45. The highest BCUT2D eigenvalue weighted by molar-refractivity contribution is 9.12. The first-order valence-corrected chi connectivity index (χ1v) is 8.25. The number of carbonyl (C=O) groups is 1. The van der Waals surface area contributed by atoms with Crippen LogP contribution in [0.4, 0.5) is 0 Å². The van der Waals surface area contributed by atoms with Crippen LogP contribution in [0.3, 0.4) is 0 Å². The summed E-state index contributed by atoms with van der Waals surface area (Å²) in [5, 5.41) is 0. The minimum Gasteiger partial charge on any atom is -0.485 e. The number of fused-ring (bicyclic) bond motifs is 1. The molecule has 0 aromatic heterocycles. The normalized spacial score (nSPS) is 39.7. The lowest BCUT2D eigenvalue weighted by atomic mass is 10.1. The Labute approximate surface area is 143 Å². The highest BCUT2D eigenvalue weighted by Gasteiger charge is 2.58. The largest absolute Gasteiger partial charge is 0.485 e. The van der Waals surface area contributed by atoms with E-state index in [9.17, 15) is 4.79 Å². The summed E-state index contributed by atoms with van der Waals surface area (Å²) < 4.78 is 34.3. The highest BCUT2D eigenvalue weighted by atomic mass is 79.9. The average molecular weight is 393 g/mol. The number of hydrogen-bond acceptors (Lipinski definition) is 7. The summed E-state index contributed by atoms with van der Waals surface area (Å²) in [4.78, 5) is 11.8. The van der Waals surface area contributed by atoms with Crippen LogP contribution >= 0.6 is 15.9 Å². The molecule has 3 fully saturated rings. The third-order valence-corrected chi connectivity index (χ3v) is 4.67. The number of esters is 1. The van der Waals surface area contributed by atoms with Crippen LogP contribution in [-0.4, -0.2) is 55.7 Å². The van der Waals surface area contributed by atoms with E-state index in [0.717, 1.165) is 0 Å². The molecule has 3 heterocycles. The van der Waals surface area contributed by atoms with Crippen LogP contribution in [-0.2, 0) is 33.2 Å². The molecular formula is C15H21BrO7. The fourth-order valence-corrected chi connectivity index (χ4v) is 3.53. The molecule has 0 aromatic rings. The standard InChI is InChI=1S/C15H21BrO7/c1-14(2)19-6-7(21-14)9-11-12(23-15(3,4)22-11)10(20-9)8(16)13(17)18-5/h7,9,11-12H,6H2,1-5H3/b10-8-/t7-,9+,11-,12+/m1/s1. The number of hydrogen-bond donors (Lipinski definition) is 0. The SMILES string of the molecule is COC(=O)/C(Br)=C1/O[C@@H]([C@H]2COC(C)(C)O2)[C@H]2OC(C)(C)O[C@@H]12. The van der Waals surface area contributed by atoms with Gasteiger partial charge in [-0.2, -0.15) is 0 Å². The quantitative estimate of drug-likeness (QED) is 0.524. The molecule has 0 aliphatic carbocycles. The number of methoxy groups -OCH3 is 1. The lowest BCUT2D eigenvalue weighted by Crippen LogP contribution is -2.40. The maximum Gasteiger partial charge on any atom is 0.348 e. The van der Waals surface area contributed by atoms with Gasteiger partial charge in [-0.15, -0.1) is 0 Å². The molecule has 0 radical (unpaired) electrons. The van der Waals surface area contributed by atoms with E-state index in [0.29, 0.717) is 12.4 Å². The molecule has 0 aromatic carbocycles. The van der Waals surface area contributed by atoms with Gasteiger partial charge < -0.3 is 28.4 Å². The van der Waals surface area contributed by atoms with E-state index in [2.05, 4.69) is 15.9 Å². The van der Waals surface area contributed by atoms with Crippen LogP contribution in [0.15, 0.2) is 10.2 Å². The number of carbonyl (C=O) groups excluding carboxylic acids is 1. The van der Waals surface area contributed by atoms with E-state index < -0.39 is 29.8 Å². The van der Waals surface area contributed by atoms with Crippen molar-refractivity contribution < 1.29 is 33.2 Å². The van der Waals surface area contributed by atoms with Crippen molar-refractivity contribution >= 4 is 21.9 Å². The predicted molar refractivity (Wildman–Crippen MR) is 81.6 cm³/mol. The van der Waals surface area contributed by atoms with Crippen LogP contribution in [0.2, 0.25) is 0 Å². The molecule has 23 heavy (non-hydrogen) atoms. The first-order valence-electron chi connectivity index (χ1n) is 7.45. The first-order chi connectivity index (χ1) is 10.6. The van der Waals surface area contributed by atoms with Crippen LogP contribution in [0, 0.1) is 0 Å². The van der Waals surface area contributed by atoms with Gasteiger partial charge in [0.15, 0.2) is 17.7 Å².